The molecule has 23 heavy (non-hydrogen) atoms. The first-order chi connectivity index (χ1) is 11.3. The van der Waals surface area contributed by atoms with Crippen molar-refractivity contribution in [3.05, 3.63) is 59.8 Å². The highest BCUT2D eigenvalue weighted by Gasteiger charge is 2.19. The summed E-state index contributed by atoms with van der Waals surface area (Å²) < 4.78 is 5.66. The largest absolute Gasteiger partial charge is 0.465 e. The molecular formula is C17H17N5O. The van der Waals surface area contributed by atoms with E-state index < -0.39 is 0 Å². The Morgan fingerprint density at radius 2 is 2.04 bits per heavy atom. The zero-order chi connectivity index (χ0) is 15.6. The van der Waals surface area contributed by atoms with Crippen molar-refractivity contribution in [1.82, 2.24) is 24.8 Å². The lowest BCUT2D eigenvalue weighted by Gasteiger charge is -2.27. The summed E-state index contributed by atoms with van der Waals surface area (Å²) in [5.41, 5.74) is 3.15. The summed E-state index contributed by atoms with van der Waals surface area (Å²) in [6.45, 7) is 4.61. The SMILES string of the molecule is Cc1ccc(CN2CCc3nc(-c4cncnc4)ncc3C2)o1. The molecule has 0 N–H and O–H groups in total. The molecule has 4 rings (SSSR count). The minimum Gasteiger partial charge on any atom is -0.465 e. The molecule has 0 saturated carbocycles. The van der Waals surface area contributed by atoms with Gasteiger partial charge in [-0.15, -0.1) is 0 Å². The number of aryl methyl sites for hydroxylation is 1. The van der Waals surface area contributed by atoms with Gasteiger partial charge in [0.1, 0.15) is 17.8 Å². The van der Waals surface area contributed by atoms with Crippen molar-refractivity contribution >= 4 is 0 Å². The number of furan rings is 1. The number of fused-ring (bicyclic) bond motifs is 1. The van der Waals surface area contributed by atoms with Crippen molar-refractivity contribution in [1.29, 1.82) is 0 Å². The Labute approximate surface area is 134 Å². The molecule has 0 aliphatic carbocycles. The molecule has 4 heterocycles. The fourth-order valence-electron chi connectivity index (χ4n) is 2.85. The molecule has 3 aromatic rings. The van der Waals surface area contributed by atoms with Gasteiger partial charge in [0.2, 0.25) is 0 Å². The van der Waals surface area contributed by atoms with E-state index in [1.807, 2.05) is 25.3 Å². The van der Waals surface area contributed by atoms with Crippen LogP contribution in [-0.4, -0.2) is 31.4 Å². The molecule has 3 aromatic heterocycles. The summed E-state index contributed by atoms with van der Waals surface area (Å²) in [5.74, 6) is 2.65. The minimum atomic E-state index is 0.694. The van der Waals surface area contributed by atoms with Gasteiger partial charge in [-0.05, 0) is 19.1 Å². The fraction of sp³-hybridized carbons (Fsp3) is 0.294. The van der Waals surface area contributed by atoms with Crippen LogP contribution >= 0.6 is 0 Å². The molecule has 116 valence electrons. The Kier molecular flexibility index (Phi) is 3.59. The summed E-state index contributed by atoms with van der Waals surface area (Å²) >= 11 is 0. The van der Waals surface area contributed by atoms with E-state index in [1.54, 1.807) is 12.4 Å². The molecule has 1 aliphatic heterocycles. The lowest BCUT2D eigenvalue weighted by atomic mass is 10.1. The Balaban J connectivity index is 1.52. The first-order valence-electron chi connectivity index (χ1n) is 7.66. The van der Waals surface area contributed by atoms with Crippen LogP contribution in [0.25, 0.3) is 11.4 Å². The molecule has 0 unspecified atom stereocenters. The van der Waals surface area contributed by atoms with E-state index in [4.69, 9.17) is 4.42 Å². The van der Waals surface area contributed by atoms with Crippen LogP contribution in [0.4, 0.5) is 0 Å². The molecule has 0 spiro atoms. The van der Waals surface area contributed by atoms with Gasteiger partial charge < -0.3 is 4.42 Å². The van der Waals surface area contributed by atoms with Crippen molar-refractivity contribution in [3.63, 3.8) is 0 Å². The average Bonchev–Trinajstić information content (AvgIpc) is 3.00. The van der Waals surface area contributed by atoms with Crippen molar-refractivity contribution in [2.45, 2.75) is 26.4 Å². The number of aromatic nitrogens is 4. The van der Waals surface area contributed by atoms with Crippen molar-refractivity contribution in [3.8, 4) is 11.4 Å². The van der Waals surface area contributed by atoms with Crippen molar-refractivity contribution < 1.29 is 4.42 Å². The van der Waals surface area contributed by atoms with Crippen LogP contribution in [0.5, 0.6) is 0 Å². The Hall–Kier alpha value is -2.60. The smallest absolute Gasteiger partial charge is 0.162 e. The monoisotopic (exact) mass is 307 g/mol. The Bertz CT molecular complexity index is 815. The molecular weight excluding hydrogens is 290 g/mol. The summed E-state index contributed by atoms with van der Waals surface area (Å²) in [5, 5.41) is 0. The molecule has 0 fully saturated rings. The zero-order valence-corrected chi connectivity index (χ0v) is 12.9. The van der Waals surface area contributed by atoms with Gasteiger partial charge in [-0.3, -0.25) is 4.90 Å². The quantitative estimate of drug-likeness (QED) is 0.740. The van der Waals surface area contributed by atoms with E-state index in [2.05, 4.69) is 24.8 Å². The Morgan fingerprint density at radius 1 is 1.17 bits per heavy atom. The summed E-state index contributed by atoms with van der Waals surface area (Å²) in [4.78, 5) is 19.6. The zero-order valence-electron chi connectivity index (χ0n) is 12.9. The van der Waals surface area contributed by atoms with Crippen molar-refractivity contribution in [2.24, 2.45) is 0 Å². The molecule has 0 amide bonds. The third kappa shape index (κ3) is 2.98. The van der Waals surface area contributed by atoms with E-state index >= 15 is 0 Å². The summed E-state index contributed by atoms with van der Waals surface area (Å²) in [7, 11) is 0. The second-order valence-electron chi connectivity index (χ2n) is 5.77. The van der Waals surface area contributed by atoms with Crippen LogP contribution in [-0.2, 0) is 19.5 Å². The average molecular weight is 307 g/mol. The third-order valence-corrected chi connectivity index (χ3v) is 4.01. The molecule has 0 bridgehead atoms. The summed E-state index contributed by atoms with van der Waals surface area (Å²) in [6.07, 6.45) is 7.82. The molecule has 0 saturated heterocycles. The predicted molar refractivity (Wildman–Crippen MR) is 84.3 cm³/mol. The maximum absolute atomic E-state index is 5.66. The lowest BCUT2D eigenvalue weighted by Crippen LogP contribution is -2.30. The minimum absolute atomic E-state index is 0.694. The van der Waals surface area contributed by atoms with Crippen LogP contribution in [0, 0.1) is 6.92 Å². The first kappa shape index (κ1) is 14.0. The molecule has 6 nitrogen and oxygen atoms in total. The number of rotatable bonds is 3. The van der Waals surface area contributed by atoms with Crippen molar-refractivity contribution in [2.75, 3.05) is 6.54 Å². The van der Waals surface area contributed by atoms with Gasteiger partial charge in [-0.1, -0.05) is 0 Å². The highest BCUT2D eigenvalue weighted by atomic mass is 16.3. The molecule has 1 aliphatic rings. The van der Waals surface area contributed by atoms with Gasteiger partial charge in [0.25, 0.3) is 0 Å². The molecule has 0 aromatic carbocycles. The van der Waals surface area contributed by atoms with E-state index in [0.717, 1.165) is 48.8 Å². The van der Waals surface area contributed by atoms with Gasteiger partial charge >= 0.3 is 0 Å². The van der Waals surface area contributed by atoms with Gasteiger partial charge in [-0.25, -0.2) is 19.9 Å². The maximum Gasteiger partial charge on any atom is 0.162 e. The van der Waals surface area contributed by atoms with Gasteiger partial charge in [0, 0.05) is 43.7 Å². The number of hydrogen-bond acceptors (Lipinski definition) is 6. The van der Waals surface area contributed by atoms with E-state index in [9.17, 15) is 0 Å². The normalized spacial score (nSPS) is 14.7. The topological polar surface area (TPSA) is 67.9 Å². The van der Waals surface area contributed by atoms with Crippen LogP contribution in [0.3, 0.4) is 0 Å². The van der Waals surface area contributed by atoms with Gasteiger partial charge in [0.15, 0.2) is 5.82 Å². The second-order valence-corrected chi connectivity index (χ2v) is 5.77. The highest BCUT2D eigenvalue weighted by molar-refractivity contribution is 5.52. The first-order valence-corrected chi connectivity index (χ1v) is 7.66. The second kappa shape index (κ2) is 5.89. The highest BCUT2D eigenvalue weighted by Crippen LogP contribution is 2.21. The van der Waals surface area contributed by atoms with Crippen LogP contribution in [0.1, 0.15) is 22.8 Å². The fourth-order valence-corrected chi connectivity index (χ4v) is 2.85. The van der Waals surface area contributed by atoms with E-state index in [0.29, 0.717) is 5.82 Å². The molecule has 0 atom stereocenters. The standard InChI is InChI=1S/C17H17N5O/c1-12-2-3-15(23-12)10-22-5-4-16-14(9-22)8-20-17(21-16)13-6-18-11-19-7-13/h2-3,6-8,11H,4-5,9-10H2,1H3. The molecule has 0 radical (unpaired) electrons. The van der Waals surface area contributed by atoms with E-state index in [1.165, 1.54) is 11.9 Å². The Morgan fingerprint density at radius 3 is 2.83 bits per heavy atom. The van der Waals surface area contributed by atoms with Crippen LogP contribution < -0.4 is 0 Å². The summed E-state index contributed by atoms with van der Waals surface area (Å²) in [6, 6.07) is 4.05. The number of hydrogen-bond donors (Lipinski definition) is 0. The predicted octanol–water partition coefficient (Wildman–Crippen LogP) is 2.39. The lowest BCUT2D eigenvalue weighted by molar-refractivity contribution is 0.222. The third-order valence-electron chi connectivity index (χ3n) is 4.01. The van der Waals surface area contributed by atoms with Crippen LogP contribution in [0.2, 0.25) is 0 Å². The maximum atomic E-state index is 5.66. The number of nitrogens with zero attached hydrogens (tertiary/aromatic N) is 5. The van der Waals surface area contributed by atoms with Gasteiger partial charge in [0.05, 0.1) is 17.8 Å². The van der Waals surface area contributed by atoms with Gasteiger partial charge in [-0.2, -0.15) is 0 Å². The molecule has 6 heteroatoms. The van der Waals surface area contributed by atoms with E-state index in [-0.39, 0.29) is 0 Å². The van der Waals surface area contributed by atoms with Crippen LogP contribution in [0.15, 0.2) is 41.5 Å².